The van der Waals surface area contributed by atoms with Crippen molar-refractivity contribution in [2.75, 3.05) is 5.73 Å². The molecule has 2 rings (SSSR count). The molecule has 14 heavy (non-hydrogen) atoms. The average molecular weight is 207 g/mol. The SMILES string of the molecule is Cc1ccc(N)c2c(=S)c(O)coc12. The molecule has 0 saturated carbocycles. The van der Waals surface area contributed by atoms with Crippen LogP contribution in [0.25, 0.3) is 11.0 Å². The van der Waals surface area contributed by atoms with Crippen molar-refractivity contribution in [2.45, 2.75) is 6.92 Å². The fourth-order valence-corrected chi connectivity index (χ4v) is 1.64. The van der Waals surface area contributed by atoms with Crippen molar-refractivity contribution in [1.82, 2.24) is 0 Å². The Labute approximate surface area is 85.8 Å². The van der Waals surface area contributed by atoms with Gasteiger partial charge in [-0.2, -0.15) is 0 Å². The molecular weight excluding hydrogens is 198 g/mol. The van der Waals surface area contributed by atoms with Gasteiger partial charge in [0.25, 0.3) is 0 Å². The minimum atomic E-state index is -0.0511. The van der Waals surface area contributed by atoms with Crippen LogP contribution in [0.1, 0.15) is 5.56 Å². The highest BCUT2D eigenvalue weighted by Crippen LogP contribution is 2.29. The zero-order chi connectivity index (χ0) is 10.3. The second kappa shape index (κ2) is 2.99. The minimum absolute atomic E-state index is 0.0511. The van der Waals surface area contributed by atoms with Gasteiger partial charge in [-0.1, -0.05) is 18.3 Å². The fourth-order valence-electron chi connectivity index (χ4n) is 1.38. The smallest absolute Gasteiger partial charge is 0.169 e. The zero-order valence-electron chi connectivity index (χ0n) is 7.57. The Bertz CT molecular complexity index is 560. The van der Waals surface area contributed by atoms with E-state index in [0.717, 1.165) is 5.56 Å². The van der Waals surface area contributed by atoms with Crippen LogP contribution in [-0.2, 0) is 0 Å². The summed E-state index contributed by atoms with van der Waals surface area (Å²) in [7, 11) is 0. The number of rotatable bonds is 0. The molecular formula is C10H9NO2S. The highest BCUT2D eigenvalue weighted by atomic mass is 32.1. The molecule has 0 spiro atoms. The van der Waals surface area contributed by atoms with Crippen molar-refractivity contribution in [1.29, 1.82) is 0 Å². The van der Waals surface area contributed by atoms with E-state index in [-0.39, 0.29) is 5.75 Å². The Morgan fingerprint density at radius 3 is 2.86 bits per heavy atom. The van der Waals surface area contributed by atoms with Gasteiger partial charge < -0.3 is 15.3 Å². The number of nitrogen functional groups attached to an aromatic ring is 1. The Kier molecular flexibility index (Phi) is 1.93. The largest absolute Gasteiger partial charge is 0.504 e. The van der Waals surface area contributed by atoms with E-state index in [2.05, 4.69) is 0 Å². The molecule has 0 radical (unpaired) electrons. The summed E-state index contributed by atoms with van der Waals surface area (Å²) in [4.78, 5) is 0. The third-order valence-electron chi connectivity index (χ3n) is 2.13. The third-order valence-corrected chi connectivity index (χ3v) is 2.55. The molecule has 0 bridgehead atoms. The first-order valence-electron chi connectivity index (χ1n) is 4.11. The first kappa shape index (κ1) is 9.02. The molecule has 0 aliphatic rings. The third kappa shape index (κ3) is 1.15. The van der Waals surface area contributed by atoms with Gasteiger partial charge in [0.05, 0.1) is 9.90 Å². The normalized spacial score (nSPS) is 10.6. The monoisotopic (exact) mass is 207 g/mol. The molecule has 72 valence electrons. The van der Waals surface area contributed by atoms with Crippen LogP contribution >= 0.6 is 12.2 Å². The highest BCUT2D eigenvalue weighted by Gasteiger charge is 2.07. The first-order valence-corrected chi connectivity index (χ1v) is 4.51. The van der Waals surface area contributed by atoms with Crippen molar-refractivity contribution in [3.05, 3.63) is 28.5 Å². The molecule has 4 heteroatoms. The highest BCUT2D eigenvalue weighted by molar-refractivity contribution is 7.71. The summed E-state index contributed by atoms with van der Waals surface area (Å²) in [6.07, 6.45) is 1.23. The standard InChI is InChI=1S/C10H9NO2S/c1-5-2-3-6(11)8-9(5)13-4-7(12)10(8)14/h2-4,12H,11H2,1H3. The molecule has 1 aromatic carbocycles. The number of fused-ring (bicyclic) bond motifs is 1. The molecule has 2 aromatic rings. The van der Waals surface area contributed by atoms with Crippen molar-refractivity contribution < 1.29 is 9.52 Å². The summed E-state index contributed by atoms with van der Waals surface area (Å²) in [5.41, 5.74) is 7.86. The molecule has 1 heterocycles. The molecule has 0 fully saturated rings. The summed E-state index contributed by atoms with van der Waals surface area (Å²) in [6.45, 7) is 1.90. The molecule has 0 atom stereocenters. The van der Waals surface area contributed by atoms with Gasteiger partial charge in [0.15, 0.2) is 5.75 Å². The van der Waals surface area contributed by atoms with Gasteiger partial charge in [-0.3, -0.25) is 0 Å². The summed E-state index contributed by atoms with van der Waals surface area (Å²) in [5.74, 6) is -0.0511. The topological polar surface area (TPSA) is 59.4 Å². The lowest BCUT2D eigenvalue weighted by atomic mass is 10.1. The van der Waals surface area contributed by atoms with Gasteiger partial charge in [-0.15, -0.1) is 0 Å². The van der Waals surface area contributed by atoms with Crippen molar-refractivity contribution in [2.24, 2.45) is 0 Å². The van der Waals surface area contributed by atoms with Crippen molar-refractivity contribution in [3.63, 3.8) is 0 Å². The first-order chi connectivity index (χ1) is 6.61. The van der Waals surface area contributed by atoms with E-state index in [1.165, 1.54) is 6.26 Å². The lowest BCUT2D eigenvalue weighted by Gasteiger charge is -2.04. The Morgan fingerprint density at radius 2 is 2.14 bits per heavy atom. The predicted molar refractivity (Wildman–Crippen MR) is 57.9 cm³/mol. The van der Waals surface area contributed by atoms with E-state index in [1.807, 2.05) is 13.0 Å². The van der Waals surface area contributed by atoms with E-state index < -0.39 is 0 Å². The number of hydrogen-bond acceptors (Lipinski definition) is 4. The van der Waals surface area contributed by atoms with E-state index in [1.54, 1.807) is 6.07 Å². The van der Waals surface area contributed by atoms with Crippen LogP contribution in [0.3, 0.4) is 0 Å². The van der Waals surface area contributed by atoms with Crippen LogP contribution < -0.4 is 5.73 Å². The molecule has 0 saturated heterocycles. The number of benzene rings is 1. The maximum atomic E-state index is 9.38. The van der Waals surface area contributed by atoms with E-state index in [9.17, 15) is 5.11 Å². The van der Waals surface area contributed by atoms with Gasteiger partial charge in [0, 0.05) is 5.69 Å². The van der Waals surface area contributed by atoms with E-state index in [4.69, 9.17) is 22.4 Å². The number of hydrogen-bond donors (Lipinski definition) is 2. The van der Waals surface area contributed by atoms with Crippen LogP contribution in [0.15, 0.2) is 22.8 Å². The second-order valence-electron chi connectivity index (χ2n) is 3.13. The lowest BCUT2D eigenvalue weighted by molar-refractivity contribution is 0.445. The Morgan fingerprint density at radius 1 is 1.43 bits per heavy atom. The summed E-state index contributed by atoms with van der Waals surface area (Å²) >= 11 is 5.05. The average Bonchev–Trinajstić information content (AvgIpc) is 2.16. The maximum Gasteiger partial charge on any atom is 0.169 e. The molecule has 3 N–H and O–H groups in total. The van der Waals surface area contributed by atoms with Crippen LogP contribution in [0, 0.1) is 11.4 Å². The van der Waals surface area contributed by atoms with Crippen LogP contribution in [0.5, 0.6) is 5.75 Å². The van der Waals surface area contributed by atoms with Gasteiger partial charge in [0.2, 0.25) is 0 Å². The summed E-state index contributed by atoms with van der Waals surface area (Å²) < 4.78 is 5.58. The van der Waals surface area contributed by atoms with Gasteiger partial charge >= 0.3 is 0 Å². The van der Waals surface area contributed by atoms with Gasteiger partial charge in [-0.25, -0.2) is 0 Å². The number of aromatic hydroxyl groups is 1. The van der Waals surface area contributed by atoms with E-state index >= 15 is 0 Å². The Balaban J connectivity index is 3.09. The maximum absolute atomic E-state index is 9.38. The number of nitrogens with two attached hydrogens (primary N) is 1. The molecule has 0 aliphatic heterocycles. The van der Waals surface area contributed by atoms with Crippen LogP contribution in [-0.4, -0.2) is 5.11 Å². The minimum Gasteiger partial charge on any atom is -0.504 e. The molecule has 3 nitrogen and oxygen atoms in total. The van der Waals surface area contributed by atoms with Crippen molar-refractivity contribution in [3.8, 4) is 5.75 Å². The van der Waals surface area contributed by atoms with Gasteiger partial charge in [-0.05, 0) is 18.6 Å². The van der Waals surface area contributed by atoms with E-state index in [0.29, 0.717) is 21.2 Å². The van der Waals surface area contributed by atoms with Crippen molar-refractivity contribution >= 4 is 28.9 Å². The predicted octanol–water partition coefficient (Wildman–Crippen LogP) is 2.76. The van der Waals surface area contributed by atoms with Crippen LogP contribution in [0.4, 0.5) is 5.69 Å². The Hall–Kier alpha value is -1.55. The summed E-state index contributed by atoms with van der Waals surface area (Å²) in [6, 6.07) is 3.61. The molecule has 0 unspecified atom stereocenters. The van der Waals surface area contributed by atoms with Gasteiger partial charge in [0.1, 0.15) is 11.8 Å². The quantitative estimate of drug-likeness (QED) is 0.515. The molecule has 0 amide bonds. The molecule has 1 aromatic heterocycles. The second-order valence-corrected chi connectivity index (χ2v) is 3.53. The summed E-state index contributed by atoms with van der Waals surface area (Å²) in [5, 5.41) is 9.99. The fraction of sp³-hybridized carbons (Fsp3) is 0.100. The number of aryl methyl sites for hydroxylation is 1. The lowest BCUT2D eigenvalue weighted by Crippen LogP contribution is -1.89. The zero-order valence-corrected chi connectivity index (χ0v) is 8.39. The molecule has 0 aliphatic carbocycles. The number of anilines is 1. The van der Waals surface area contributed by atoms with Crippen LogP contribution in [0.2, 0.25) is 0 Å².